The molecule has 0 aliphatic rings. The third-order valence-electron chi connectivity index (χ3n) is 2.83. The van der Waals surface area contributed by atoms with Gasteiger partial charge >= 0.3 is 0 Å². The van der Waals surface area contributed by atoms with Gasteiger partial charge in [0.15, 0.2) is 0 Å². The van der Waals surface area contributed by atoms with Crippen LogP contribution >= 0.6 is 11.3 Å². The van der Waals surface area contributed by atoms with E-state index in [1.54, 1.807) is 11.3 Å². The van der Waals surface area contributed by atoms with Crippen LogP contribution in [-0.2, 0) is 6.42 Å². The summed E-state index contributed by atoms with van der Waals surface area (Å²) in [5.41, 5.74) is 1.31. The second-order valence-corrected chi connectivity index (χ2v) is 5.60. The van der Waals surface area contributed by atoms with Crippen molar-refractivity contribution >= 4 is 17.2 Å². The van der Waals surface area contributed by atoms with Crippen molar-refractivity contribution in [2.75, 3.05) is 13.6 Å². The lowest BCUT2D eigenvalue weighted by molar-refractivity contribution is 0.0954. The number of nitrogens with one attached hydrogen (secondary N) is 2. The van der Waals surface area contributed by atoms with Gasteiger partial charge in [-0.1, -0.05) is 13.3 Å². The van der Waals surface area contributed by atoms with Gasteiger partial charge in [-0.15, -0.1) is 11.3 Å². The molecule has 1 heterocycles. The van der Waals surface area contributed by atoms with Gasteiger partial charge in [-0.05, 0) is 38.9 Å². The molecular formula is C13H22N2OS. The first-order valence-corrected chi connectivity index (χ1v) is 6.94. The Morgan fingerprint density at radius 3 is 2.82 bits per heavy atom. The number of amides is 1. The molecule has 1 aromatic rings. The van der Waals surface area contributed by atoms with Crippen molar-refractivity contribution in [2.45, 2.75) is 39.7 Å². The van der Waals surface area contributed by atoms with Crippen LogP contribution in [0.1, 0.15) is 40.4 Å². The number of carbonyl (C=O) groups excluding carboxylic acids is 1. The molecule has 0 bridgehead atoms. The summed E-state index contributed by atoms with van der Waals surface area (Å²) in [4.78, 5) is 14.0. The van der Waals surface area contributed by atoms with Crippen molar-refractivity contribution in [1.29, 1.82) is 0 Å². The number of aryl methyl sites for hydroxylation is 2. The minimum atomic E-state index is 0.0440. The first-order chi connectivity index (χ1) is 8.08. The summed E-state index contributed by atoms with van der Waals surface area (Å²) in [6, 6.07) is 2.33. The summed E-state index contributed by atoms with van der Waals surface area (Å²) in [5, 5.41) is 6.04. The summed E-state index contributed by atoms with van der Waals surface area (Å²) in [5.74, 6) is 0.0440. The second kappa shape index (κ2) is 6.77. The highest BCUT2D eigenvalue weighted by molar-refractivity contribution is 7.14. The fraction of sp³-hybridized carbons (Fsp3) is 0.615. The van der Waals surface area contributed by atoms with E-state index in [1.165, 1.54) is 10.4 Å². The zero-order chi connectivity index (χ0) is 12.8. The quantitative estimate of drug-likeness (QED) is 0.818. The lowest BCUT2D eigenvalue weighted by Gasteiger charge is -2.10. The zero-order valence-electron chi connectivity index (χ0n) is 11.1. The van der Waals surface area contributed by atoms with Gasteiger partial charge in [0.05, 0.1) is 4.88 Å². The standard InChI is InChI=1S/C13H22N2OS/c1-5-6-11-7-12(17-10(11)3)13(16)15-8-9(2)14-4/h7,9,14H,5-6,8H2,1-4H3,(H,15,16). The van der Waals surface area contributed by atoms with Crippen LogP contribution in [0.3, 0.4) is 0 Å². The van der Waals surface area contributed by atoms with E-state index in [4.69, 9.17) is 0 Å². The minimum Gasteiger partial charge on any atom is -0.350 e. The van der Waals surface area contributed by atoms with Gasteiger partial charge in [0, 0.05) is 17.5 Å². The molecule has 0 saturated carbocycles. The SMILES string of the molecule is CCCc1cc(C(=O)NCC(C)NC)sc1C. The van der Waals surface area contributed by atoms with E-state index in [2.05, 4.69) is 24.5 Å². The van der Waals surface area contributed by atoms with Crippen LogP contribution in [0, 0.1) is 6.92 Å². The molecular weight excluding hydrogens is 232 g/mol. The Hall–Kier alpha value is -0.870. The molecule has 96 valence electrons. The molecule has 0 aromatic carbocycles. The van der Waals surface area contributed by atoms with E-state index < -0.39 is 0 Å². The maximum absolute atomic E-state index is 11.9. The number of rotatable bonds is 6. The summed E-state index contributed by atoms with van der Waals surface area (Å²) < 4.78 is 0. The maximum atomic E-state index is 11.9. The highest BCUT2D eigenvalue weighted by Gasteiger charge is 2.12. The highest BCUT2D eigenvalue weighted by atomic mass is 32.1. The first-order valence-electron chi connectivity index (χ1n) is 6.13. The van der Waals surface area contributed by atoms with Gasteiger partial charge in [-0.2, -0.15) is 0 Å². The van der Waals surface area contributed by atoms with Crippen LogP contribution in [0.5, 0.6) is 0 Å². The van der Waals surface area contributed by atoms with Crippen molar-refractivity contribution in [3.05, 3.63) is 21.4 Å². The average molecular weight is 254 g/mol. The maximum Gasteiger partial charge on any atom is 0.261 e. The van der Waals surface area contributed by atoms with Gasteiger partial charge in [-0.25, -0.2) is 0 Å². The molecule has 0 saturated heterocycles. The molecule has 0 radical (unpaired) electrons. The molecule has 1 amide bonds. The molecule has 1 rings (SSSR count). The lowest BCUT2D eigenvalue weighted by atomic mass is 10.1. The monoisotopic (exact) mass is 254 g/mol. The van der Waals surface area contributed by atoms with Gasteiger partial charge in [0.1, 0.15) is 0 Å². The van der Waals surface area contributed by atoms with E-state index in [0.29, 0.717) is 12.6 Å². The summed E-state index contributed by atoms with van der Waals surface area (Å²) in [7, 11) is 1.89. The van der Waals surface area contributed by atoms with Crippen molar-refractivity contribution in [1.82, 2.24) is 10.6 Å². The van der Waals surface area contributed by atoms with E-state index in [0.717, 1.165) is 17.7 Å². The number of thiophene rings is 1. The molecule has 0 aliphatic carbocycles. The molecule has 0 spiro atoms. The van der Waals surface area contributed by atoms with Gasteiger partial charge in [-0.3, -0.25) is 4.79 Å². The minimum absolute atomic E-state index is 0.0440. The smallest absolute Gasteiger partial charge is 0.261 e. The van der Waals surface area contributed by atoms with E-state index in [1.807, 2.05) is 20.0 Å². The van der Waals surface area contributed by atoms with Crippen molar-refractivity contribution in [2.24, 2.45) is 0 Å². The van der Waals surface area contributed by atoms with Crippen molar-refractivity contribution in [3.8, 4) is 0 Å². The predicted molar refractivity (Wildman–Crippen MR) is 73.9 cm³/mol. The number of carbonyl (C=O) groups is 1. The van der Waals surface area contributed by atoms with Crippen LogP contribution in [0.25, 0.3) is 0 Å². The van der Waals surface area contributed by atoms with Crippen LogP contribution in [0.2, 0.25) is 0 Å². The Kier molecular flexibility index (Phi) is 5.65. The third kappa shape index (κ3) is 4.13. The molecule has 1 unspecified atom stereocenters. The Morgan fingerprint density at radius 1 is 1.53 bits per heavy atom. The van der Waals surface area contributed by atoms with E-state index in [9.17, 15) is 4.79 Å². The largest absolute Gasteiger partial charge is 0.350 e. The predicted octanol–water partition coefficient (Wildman–Crippen LogP) is 2.35. The van der Waals surface area contributed by atoms with Gasteiger partial charge in [0.2, 0.25) is 0 Å². The van der Waals surface area contributed by atoms with Crippen LogP contribution in [-0.4, -0.2) is 25.5 Å². The number of hydrogen-bond donors (Lipinski definition) is 2. The van der Waals surface area contributed by atoms with Gasteiger partial charge in [0.25, 0.3) is 5.91 Å². The lowest BCUT2D eigenvalue weighted by Crippen LogP contribution is -2.36. The fourth-order valence-corrected chi connectivity index (χ4v) is 2.57. The van der Waals surface area contributed by atoms with Crippen molar-refractivity contribution < 1.29 is 4.79 Å². The molecule has 0 fully saturated rings. The summed E-state index contributed by atoms with van der Waals surface area (Å²) in [6.45, 7) is 6.95. The Bertz CT molecular complexity index is 373. The number of hydrogen-bond acceptors (Lipinski definition) is 3. The van der Waals surface area contributed by atoms with Crippen LogP contribution in [0.4, 0.5) is 0 Å². The topological polar surface area (TPSA) is 41.1 Å². The average Bonchev–Trinajstić information content (AvgIpc) is 2.68. The zero-order valence-corrected chi connectivity index (χ0v) is 11.9. The van der Waals surface area contributed by atoms with E-state index >= 15 is 0 Å². The summed E-state index contributed by atoms with van der Waals surface area (Å²) in [6.07, 6.45) is 2.18. The van der Waals surface area contributed by atoms with Gasteiger partial charge < -0.3 is 10.6 Å². The fourth-order valence-electron chi connectivity index (χ4n) is 1.58. The number of likely N-dealkylation sites (N-methyl/N-ethyl adjacent to an activating group) is 1. The third-order valence-corrected chi connectivity index (χ3v) is 3.92. The normalized spacial score (nSPS) is 12.5. The first kappa shape index (κ1) is 14.2. The molecule has 17 heavy (non-hydrogen) atoms. The van der Waals surface area contributed by atoms with Crippen LogP contribution < -0.4 is 10.6 Å². The van der Waals surface area contributed by atoms with E-state index in [-0.39, 0.29) is 5.91 Å². The highest BCUT2D eigenvalue weighted by Crippen LogP contribution is 2.22. The molecule has 3 nitrogen and oxygen atoms in total. The molecule has 1 atom stereocenters. The molecule has 2 N–H and O–H groups in total. The Labute approximate surface area is 108 Å². The van der Waals surface area contributed by atoms with Crippen LogP contribution in [0.15, 0.2) is 6.07 Å². The van der Waals surface area contributed by atoms with Crippen molar-refractivity contribution in [3.63, 3.8) is 0 Å². The summed E-state index contributed by atoms with van der Waals surface area (Å²) >= 11 is 1.59. The molecule has 4 heteroatoms. The molecule has 1 aromatic heterocycles. The Morgan fingerprint density at radius 2 is 2.24 bits per heavy atom. The Balaban J connectivity index is 2.60. The molecule has 0 aliphatic heterocycles. The second-order valence-electron chi connectivity index (χ2n) is 4.34.